The molecule has 0 spiro atoms. The average molecular weight is 267 g/mol. The molecule has 2 N–H and O–H groups in total. The zero-order chi connectivity index (χ0) is 13.8. The molecule has 0 aromatic heterocycles. The van der Waals surface area contributed by atoms with Crippen LogP contribution >= 0.6 is 0 Å². The Morgan fingerprint density at radius 3 is 2.68 bits per heavy atom. The summed E-state index contributed by atoms with van der Waals surface area (Å²) in [6.07, 6.45) is 2.10. The summed E-state index contributed by atoms with van der Waals surface area (Å²) in [5.74, 6) is 0.396. The van der Waals surface area contributed by atoms with Crippen molar-refractivity contribution in [1.29, 1.82) is 0 Å². The van der Waals surface area contributed by atoms with Crippen LogP contribution < -0.4 is 5.32 Å². The largest absolute Gasteiger partial charge is 0.508 e. The Labute approximate surface area is 113 Å². The minimum Gasteiger partial charge on any atom is -0.508 e. The van der Waals surface area contributed by atoms with Gasteiger partial charge in [0.25, 0.3) is 0 Å². The predicted molar refractivity (Wildman–Crippen MR) is 72.6 cm³/mol. The number of nitrogens with one attached hydrogen (secondary N) is 1. The predicted octanol–water partition coefficient (Wildman–Crippen LogP) is 3.00. The zero-order valence-electron chi connectivity index (χ0n) is 11.5. The summed E-state index contributed by atoms with van der Waals surface area (Å²) in [6, 6.07) is 4.31. The zero-order valence-corrected chi connectivity index (χ0v) is 11.5. The summed E-state index contributed by atoms with van der Waals surface area (Å²) < 4.78 is 18.6. The van der Waals surface area contributed by atoms with Gasteiger partial charge in [0.1, 0.15) is 11.6 Å². The van der Waals surface area contributed by atoms with Crippen molar-refractivity contribution in [2.75, 3.05) is 13.2 Å². The minimum atomic E-state index is -0.319. The number of phenolic OH excluding ortho intramolecular Hbond substituents is 1. The van der Waals surface area contributed by atoms with Crippen LogP contribution in [0.25, 0.3) is 0 Å². The van der Waals surface area contributed by atoms with E-state index in [1.54, 1.807) is 0 Å². The van der Waals surface area contributed by atoms with E-state index in [1.165, 1.54) is 18.2 Å². The molecule has 19 heavy (non-hydrogen) atoms. The smallest absolute Gasteiger partial charge is 0.123 e. The second-order valence-electron chi connectivity index (χ2n) is 5.33. The lowest BCUT2D eigenvalue weighted by molar-refractivity contribution is 0.0546. The van der Waals surface area contributed by atoms with Crippen molar-refractivity contribution in [3.63, 3.8) is 0 Å². The minimum absolute atomic E-state index is 0.0754. The molecular formula is C15H22FNO2. The molecule has 0 bridgehead atoms. The molecule has 4 heteroatoms. The molecule has 1 fully saturated rings. The van der Waals surface area contributed by atoms with E-state index in [-0.39, 0.29) is 17.6 Å². The number of rotatable bonds is 4. The highest BCUT2D eigenvalue weighted by Gasteiger charge is 2.22. The number of phenols is 1. The SMILES string of the molecule is CC(NC(C)C1CCOCC1)c1cc(F)ccc1O. The lowest BCUT2D eigenvalue weighted by atomic mass is 9.92. The van der Waals surface area contributed by atoms with Gasteiger partial charge in [-0.25, -0.2) is 4.39 Å². The Morgan fingerprint density at radius 2 is 2.00 bits per heavy atom. The standard InChI is InChI=1S/C15H22FNO2/c1-10(12-5-7-19-8-6-12)17-11(2)14-9-13(16)3-4-15(14)18/h3-4,9-12,17-18H,5-8H2,1-2H3. The molecule has 1 aromatic carbocycles. The van der Waals surface area contributed by atoms with Gasteiger partial charge in [-0.3, -0.25) is 0 Å². The Balaban J connectivity index is 1.99. The summed E-state index contributed by atoms with van der Waals surface area (Å²) in [6.45, 7) is 5.72. The Hall–Kier alpha value is -1.13. The highest BCUT2D eigenvalue weighted by molar-refractivity contribution is 5.34. The summed E-state index contributed by atoms with van der Waals surface area (Å²) in [5, 5.41) is 13.3. The van der Waals surface area contributed by atoms with Crippen LogP contribution in [0.15, 0.2) is 18.2 Å². The maximum atomic E-state index is 13.2. The third-order valence-corrected chi connectivity index (χ3v) is 3.94. The van der Waals surface area contributed by atoms with E-state index in [9.17, 15) is 9.50 Å². The van der Waals surface area contributed by atoms with Crippen LogP contribution in [0.3, 0.4) is 0 Å². The van der Waals surface area contributed by atoms with Crippen LogP contribution in [0.1, 0.15) is 38.3 Å². The Morgan fingerprint density at radius 1 is 1.32 bits per heavy atom. The molecule has 1 saturated heterocycles. The molecule has 2 atom stereocenters. The van der Waals surface area contributed by atoms with Crippen LogP contribution in [0.4, 0.5) is 4.39 Å². The van der Waals surface area contributed by atoms with E-state index >= 15 is 0 Å². The van der Waals surface area contributed by atoms with Crippen LogP contribution in [-0.2, 0) is 4.74 Å². The molecule has 1 aliphatic heterocycles. The quantitative estimate of drug-likeness (QED) is 0.881. The lowest BCUT2D eigenvalue weighted by Gasteiger charge is -2.31. The molecule has 2 rings (SSSR count). The van der Waals surface area contributed by atoms with Crippen molar-refractivity contribution in [2.24, 2.45) is 5.92 Å². The fourth-order valence-electron chi connectivity index (χ4n) is 2.71. The van der Waals surface area contributed by atoms with Crippen LogP contribution in [-0.4, -0.2) is 24.4 Å². The van der Waals surface area contributed by atoms with Gasteiger partial charge in [0, 0.05) is 30.9 Å². The van der Waals surface area contributed by atoms with E-state index in [0.717, 1.165) is 26.1 Å². The van der Waals surface area contributed by atoms with Crippen molar-refractivity contribution in [3.05, 3.63) is 29.6 Å². The monoisotopic (exact) mass is 267 g/mol. The van der Waals surface area contributed by atoms with Crippen molar-refractivity contribution < 1.29 is 14.2 Å². The first-order valence-electron chi connectivity index (χ1n) is 6.90. The molecule has 2 unspecified atom stereocenters. The van der Waals surface area contributed by atoms with Crippen LogP contribution in [0.2, 0.25) is 0 Å². The number of hydrogen-bond acceptors (Lipinski definition) is 3. The molecule has 0 amide bonds. The van der Waals surface area contributed by atoms with Gasteiger partial charge in [-0.2, -0.15) is 0 Å². The molecule has 0 aliphatic carbocycles. The van der Waals surface area contributed by atoms with Crippen molar-refractivity contribution in [3.8, 4) is 5.75 Å². The number of hydrogen-bond donors (Lipinski definition) is 2. The molecule has 106 valence electrons. The highest BCUT2D eigenvalue weighted by atomic mass is 19.1. The maximum Gasteiger partial charge on any atom is 0.123 e. The topological polar surface area (TPSA) is 41.5 Å². The van der Waals surface area contributed by atoms with Gasteiger partial charge < -0.3 is 15.2 Å². The van der Waals surface area contributed by atoms with Crippen molar-refractivity contribution >= 4 is 0 Å². The number of aromatic hydroxyl groups is 1. The van der Waals surface area contributed by atoms with Gasteiger partial charge in [0.05, 0.1) is 0 Å². The van der Waals surface area contributed by atoms with Crippen LogP contribution in [0, 0.1) is 11.7 Å². The summed E-state index contributed by atoms with van der Waals surface area (Å²) in [4.78, 5) is 0. The maximum absolute atomic E-state index is 13.2. The number of ether oxygens (including phenoxy) is 1. The third-order valence-electron chi connectivity index (χ3n) is 3.94. The van der Waals surface area contributed by atoms with Gasteiger partial charge in [0.15, 0.2) is 0 Å². The second-order valence-corrected chi connectivity index (χ2v) is 5.33. The molecule has 0 saturated carbocycles. The first kappa shape index (κ1) is 14.3. The van der Waals surface area contributed by atoms with Crippen molar-refractivity contribution in [2.45, 2.75) is 38.8 Å². The first-order chi connectivity index (χ1) is 9.08. The number of halogens is 1. The fraction of sp³-hybridized carbons (Fsp3) is 0.600. The molecule has 1 aliphatic rings. The van der Waals surface area contributed by atoms with Gasteiger partial charge in [-0.15, -0.1) is 0 Å². The number of benzene rings is 1. The Kier molecular flexibility index (Phi) is 4.77. The van der Waals surface area contributed by atoms with E-state index in [0.29, 0.717) is 17.5 Å². The van der Waals surface area contributed by atoms with Gasteiger partial charge in [-0.05, 0) is 50.8 Å². The molecule has 3 nitrogen and oxygen atoms in total. The van der Waals surface area contributed by atoms with E-state index in [4.69, 9.17) is 4.74 Å². The summed E-state index contributed by atoms with van der Waals surface area (Å²) in [7, 11) is 0. The highest BCUT2D eigenvalue weighted by Crippen LogP contribution is 2.27. The lowest BCUT2D eigenvalue weighted by Crippen LogP contribution is -2.38. The fourth-order valence-corrected chi connectivity index (χ4v) is 2.71. The summed E-state index contributed by atoms with van der Waals surface area (Å²) in [5.41, 5.74) is 0.610. The second kappa shape index (κ2) is 6.35. The van der Waals surface area contributed by atoms with E-state index in [2.05, 4.69) is 12.2 Å². The normalized spacial score (nSPS) is 20.2. The molecular weight excluding hydrogens is 245 g/mol. The van der Waals surface area contributed by atoms with E-state index < -0.39 is 0 Å². The molecule has 0 radical (unpaired) electrons. The molecule has 1 aromatic rings. The van der Waals surface area contributed by atoms with E-state index in [1.807, 2.05) is 6.92 Å². The molecule has 1 heterocycles. The average Bonchev–Trinajstić information content (AvgIpc) is 2.42. The van der Waals surface area contributed by atoms with Gasteiger partial charge >= 0.3 is 0 Å². The third kappa shape index (κ3) is 3.67. The summed E-state index contributed by atoms with van der Waals surface area (Å²) >= 11 is 0. The Bertz CT molecular complexity index is 419. The van der Waals surface area contributed by atoms with Crippen LogP contribution in [0.5, 0.6) is 5.75 Å². The van der Waals surface area contributed by atoms with Gasteiger partial charge in [0.2, 0.25) is 0 Å². The van der Waals surface area contributed by atoms with Gasteiger partial charge in [-0.1, -0.05) is 0 Å². The van der Waals surface area contributed by atoms with Crippen molar-refractivity contribution in [1.82, 2.24) is 5.32 Å². The first-order valence-corrected chi connectivity index (χ1v) is 6.90.